The third-order valence-corrected chi connectivity index (χ3v) is 6.12. The van der Waals surface area contributed by atoms with Gasteiger partial charge in [0, 0.05) is 14.3 Å². The first kappa shape index (κ1) is 14.9. The zero-order valence-electron chi connectivity index (χ0n) is 10.6. The van der Waals surface area contributed by atoms with Crippen LogP contribution in [0.5, 0.6) is 0 Å². The summed E-state index contributed by atoms with van der Waals surface area (Å²) in [5, 5.41) is 0.891. The topological polar surface area (TPSA) is 0 Å². The predicted molar refractivity (Wildman–Crippen MR) is 86.7 cm³/mol. The molecule has 0 nitrogen and oxygen atoms in total. The van der Waals surface area contributed by atoms with Gasteiger partial charge in [0.15, 0.2) is 0 Å². The Hall–Kier alpha value is 0.470. The molecule has 100 valence electrons. The van der Waals surface area contributed by atoms with Gasteiger partial charge in [0.25, 0.3) is 0 Å². The van der Waals surface area contributed by atoms with Gasteiger partial charge in [-0.1, -0.05) is 62.9 Å². The fourth-order valence-corrected chi connectivity index (χ4v) is 4.29. The third-order valence-electron chi connectivity index (χ3n) is 4.07. The molecule has 2 rings (SSSR count). The van der Waals surface area contributed by atoms with Crippen molar-refractivity contribution >= 4 is 43.5 Å². The largest absolute Gasteiger partial charge is 0.0888 e. The number of halogens is 3. The molecule has 1 aromatic rings. The van der Waals surface area contributed by atoms with Crippen LogP contribution in [0.25, 0.3) is 0 Å². The highest BCUT2D eigenvalue weighted by Gasteiger charge is 2.28. The summed E-state index contributed by atoms with van der Waals surface area (Å²) in [5.74, 6) is 1.63. The molecule has 3 atom stereocenters. The summed E-state index contributed by atoms with van der Waals surface area (Å²) >= 11 is 13.6. The van der Waals surface area contributed by atoms with E-state index in [9.17, 15) is 0 Å². The van der Waals surface area contributed by atoms with Crippen molar-refractivity contribution in [2.24, 2.45) is 11.8 Å². The first-order valence-electron chi connectivity index (χ1n) is 6.68. The predicted octanol–water partition coefficient (Wildman–Crippen LogP) is 6.23. The summed E-state index contributed by atoms with van der Waals surface area (Å²) in [5.41, 5.74) is 1.28. The lowest BCUT2D eigenvalue weighted by atomic mass is 9.77. The maximum atomic E-state index is 6.32. The van der Waals surface area contributed by atoms with Crippen LogP contribution in [0.4, 0.5) is 0 Å². The van der Waals surface area contributed by atoms with Crippen molar-refractivity contribution in [2.45, 2.75) is 43.9 Å². The monoisotopic (exact) mass is 392 g/mol. The molecule has 0 amide bonds. The molecule has 0 radical (unpaired) electrons. The lowest BCUT2D eigenvalue weighted by Gasteiger charge is -2.33. The van der Waals surface area contributed by atoms with Crippen molar-refractivity contribution in [3.63, 3.8) is 0 Å². The summed E-state index contributed by atoms with van der Waals surface area (Å²) in [6.45, 7) is 2.31. The Morgan fingerprint density at radius 2 is 2.11 bits per heavy atom. The zero-order valence-corrected chi connectivity index (χ0v) is 14.6. The van der Waals surface area contributed by atoms with Crippen LogP contribution in [-0.4, -0.2) is 4.83 Å². The van der Waals surface area contributed by atoms with E-state index >= 15 is 0 Å². The highest BCUT2D eigenvalue weighted by Crippen LogP contribution is 2.38. The number of hydrogen-bond donors (Lipinski definition) is 0. The summed E-state index contributed by atoms with van der Waals surface area (Å²) < 4.78 is 1.06. The molecule has 0 spiro atoms. The minimum absolute atomic E-state index is 0.653. The second-order valence-electron chi connectivity index (χ2n) is 5.30. The van der Waals surface area contributed by atoms with Gasteiger partial charge in [-0.05, 0) is 55.2 Å². The van der Waals surface area contributed by atoms with E-state index in [1.165, 1.54) is 31.2 Å². The standard InChI is InChI=1S/C15H19Br2Cl/c1-2-10-3-6-14(17)12(7-10)8-11-4-5-13(16)9-15(11)18/h4-5,9-10,12,14H,2-3,6-8H2,1H3. The number of benzene rings is 1. The molecule has 1 aliphatic carbocycles. The SMILES string of the molecule is CCC1CCC(Br)C(Cc2ccc(Br)cc2Cl)C1. The fraction of sp³-hybridized carbons (Fsp3) is 0.600. The lowest BCUT2D eigenvalue weighted by molar-refractivity contribution is 0.271. The fourth-order valence-electron chi connectivity index (χ4n) is 2.88. The Labute approximate surface area is 132 Å². The van der Waals surface area contributed by atoms with Crippen molar-refractivity contribution in [3.8, 4) is 0 Å². The van der Waals surface area contributed by atoms with Gasteiger partial charge in [-0.25, -0.2) is 0 Å². The first-order chi connectivity index (χ1) is 8.60. The second kappa shape index (κ2) is 6.76. The molecule has 1 aliphatic rings. The molecule has 0 bridgehead atoms. The van der Waals surface area contributed by atoms with Gasteiger partial charge in [0.1, 0.15) is 0 Å². The maximum absolute atomic E-state index is 6.32. The normalized spacial score (nSPS) is 28.3. The van der Waals surface area contributed by atoms with Crippen molar-refractivity contribution in [1.82, 2.24) is 0 Å². The average Bonchev–Trinajstić information content (AvgIpc) is 2.35. The molecule has 0 aliphatic heterocycles. The van der Waals surface area contributed by atoms with Crippen molar-refractivity contribution < 1.29 is 0 Å². The minimum atomic E-state index is 0.653. The molecule has 0 N–H and O–H groups in total. The molecule has 0 saturated heterocycles. The highest BCUT2D eigenvalue weighted by atomic mass is 79.9. The third kappa shape index (κ3) is 3.74. The molecular weight excluding hydrogens is 375 g/mol. The van der Waals surface area contributed by atoms with Crippen molar-refractivity contribution in [3.05, 3.63) is 33.3 Å². The Morgan fingerprint density at radius 3 is 2.78 bits per heavy atom. The van der Waals surface area contributed by atoms with Crippen molar-refractivity contribution in [1.29, 1.82) is 0 Å². The lowest BCUT2D eigenvalue weighted by Crippen LogP contribution is -2.26. The molecule has 1 saturated carbocycles. The summed E-state index contributed by atoms with van der Waals surface area (Å²) in [6, 6.07) is 6.24. The van der Waals surface area contributed by atoms with E-state index in [0.717, 1.165) is 27.8 Å². The van der Waals surface area contributed by atoms with E-state index in [2.05, 4.69) is 50.9 Å². The first-order valence-corrected chi connectivity index (χ1v) is 8.76. The molecule has 0 aromatic heterocycles. The van der Waals surface area contributed by atoms with Gasteiger partial charge < -0.3 is 0 Å². The van der Waals surface area contributed by atoms with Gasteiger partial charge >= 0.3 is 0 Å². The van der Waals surface area contributed by atoms with Crippen LogP contribution >= 0.6 is 43.5 Å². The summed E-state index contributed by atoms with van der Waals surface area (Å²) in [7, 11) is 0. The van der Waals surface area contributed by atoms with Gasteiger partial charge in [-0.3, -0.25) is 0 Å². The molecule has 0 heterocycles. The number of rotatable bonds is 3. The molecule has 18 heavy (non-hydrogen) atoms. The molecule has 1 fully saturated rings. The van der Waals surface area contributed by atoms with Crippen LogP contribution in [0.1, 0.15) is 38.2 Å². The number of hydrogen-bond acceptors (Lipinski definition) is 0. The van der Waals surface area contributed by atoms with E-state index in [4.69, 9.17) is 11.6 Å². The van der Waals surface area contributed by atoms with E-state index in [0.29, 0.717) is 4.83 Å². The van der Waals surface area contributed by atoms with Crippen LogP contribution < -0.4 is 0 Å². The Morgan fingerprint density at radius 1 is 1.33 bits per heavy atom. The Bertz CT molecular complexity index is 405. The van der Waals surface area contributed by atoms with Crippen LogP contribution in [0, 0.1) is 11.8 Å². The van der Waals surface area contributed by atoms with Crippen molar-refractivity contribution in [2.75, 3.05) is 0 Å². The van der Waals surface area contributed by atoms with Gasteiger partial charge in [-0.15, -0.1) is 0 Å². The van der Waals surface area contributed by atoms with Gasteiger partial charge in [0.05, 0.1) is 0 Å². The Balaban J connectivity index is 2.07. The van der Waals surface area contributed by atoms with E-state index in [1.54, 1.807) is 0 Å². The quantitative estimate of drug-likeness (QED) is 0.533. The average molecular weight is 395 g/mol. The molecule has 3 unspecified atom stereocenters. The van der Waals surface area contributed by atoms with Crippen LogP contribution in [0.2, 0.25) is 5.02 Å². The van der Waals surface area contributed by atoms with Crippen LogP contribution in [-0.2, 0) is 6.42 Å². The van der Waals surface area contributed by atoms with E-state index < -0.39 is 0 Å². The summed E-state index contributed by atoms with van der Waals surface area (Å²) in [4.78, 5) is 0.653. The molecular formula is C15H19Br2Cl. The van der Waals surface area contributed by atoms with Gasteiger partial charge in [-0.2, -0.15) is 0 Å². The van der Waals surface area contributed by atoms with Crippen LogP contribution in [0.3, 0.4) is 0 Å². The number of alkyl halides is 1. The molecule has 3 heteroatoms. The maximum Gasteiger partial charge on any atom is 0.0449 e. The smallest absolute Gasteiger partial charge is 0.0449 e. The van der Waals surface area contributed by atoms with Gasteiger partial charge in [0.2, 0.25) is 0 Å². The Kier molecular flexibility index (Phi) is 5.59. The van der Waals surface area contributed by atoms with E-state index in [1.807, 2.05) is 6.07 Å². The summed E-state index contributed by atoms with van der Waals surface area (Å²) in [6.07, 6.45) is 6.41. The molecule has 1 aromatic carbocycles. The van der Waals surface area contributed by atoms with E-state index in [-0.39, 0.29) is 0 Å². The minimum Gasteiger partial charge on any atom is -0.0888 e. The highest BCUT2D eigenvalue weighted by molar-refractivity contribution is 9.10. The van der Waals surface area contributed by atoms with Crippen LogP contribution in [0.15, 0.2) is 22.7 Å². The zero-order chi connectivity index (χ0) is 13.1. The second-order valence-corrected chi connectivity index (χ2v) is 7.80.